The van der Waals surface area contributed by atoms with Crippen molar-refractivity contribution in [3.8, 4) is 5.75 Å². The quantitative estimate of drug-likeness (QED) is 0.624. The van der Waals surface area contributed by atoms with Crippen molar-refractivity contribution < 1.29 is 22.1 Å². The molecule has 0 aromatic heterocycles. The predicted octanol–water partition coefficient (Wildman–Crippen LogP) is 2.87. The first-order chi connectivity index (χ1) is 12.0. The fourth-order valence-corrected chi connectivity index (χ4v) is 3.53. The van der Waals surface area contributed by atoms with Gasteiger partial charge in [0, 0.05) is 18.0 Å². The third kappa shape index (κ3) is 4.03. The maximum atomic E-state index is 12.2. The monoisotopic (exact) mass is 379 g/mol. The van der Waals surface area contributed by atoms with E-state index in [9.17, 15) is 13.2 Å². The normalized spacial score (nSPS) is 13.1. The number of carbonyl (C=O) groups excluding carboxylic acids is 1. The van der Waals surface area contributed by atoms with Gasteiger partial charge in [-0.05, 0) is 24.3 Å². The van der Waals surface area contributed by atoms with Crippen LogP contribution in [-0.2, 0) is 14.9 Å². The van der Waals surface area contributed by atoms with E-state index in [4.69, 9.17) is 4.18 Å². The Morgan fingerprint density at radius 1 is 1.20 bits per heavy atom. The molecule has 0 fully saturated rings. The van der Waals surface area contributed by atoms with Gasteiger partial charge < -0.3 is 13.6 Å². The van der Waals surface area contributed by atoms with Gasteiger partial charge >= 0.3 is 16.2 Å². The Morgan fingerprint density at radius 3 is 2.68 bits per heavy atom. The Kier molecular flexibility index (Phi) is 4.81. The van der Waals surface area contributed by atoms with Crippen molar-refractivity contribution in [1.29, 1.82) is 0 Å². The average molecular weight is 379 g/mol. The molecule has 3 rings (SSSR count). The molecule has 10 heteroatoms. The van der Waals surface area contributed by atoms with Crippen molar-refractivity contribution in [2.24, 2.45) is 4.99 Å². The van der Waals surface area contributed by atoms with Crippen LogP contribution in [-0.4, -0.2) is 26.8 Å². The molecule has 0 atom stereocenters. The van der Waals surface area contributed by atoms with Crippen LogP contribution in [0.4, 0.5) is 16.2 Å². The number of benzene rings is 2. The highest BCUT2D eigenvalue weighted by Crippen LogP contribution is 2.36. The number of methoxy groups -OCH3 is 1. The minimum absolute atomic E-state index is 0.0673. The fourth-order valence-electron chi connectivity index (χ4n) is 1.94. The summed E-state index contributed by atoms with van der Waals surface area (Å²) in [6.45, 7) is 0. The Morgan fingerprint density at radius 2 is 1.96 bits per heavy atom. The van der Waals surface area contributed by atoms with Crippen molar-refractivity contribution in [3.63, 3.8) is 0 Å². The van der Waals surface area contributed by atoms with Crippen LogP contribution in [0.15, 0.2) is 58.4 Å². The topological polar surface area (TPSA) is 106 Å². The molecule has 1 amide bonds. The van der Waals surface area contributed by atoms with Crippen LogP contribution in [0.5, 0.6) is 5.75 Å². The number of aliphatic imine (C=N–C) groups is 1. The minimum Gasteiger partial charge on any atom is -0.453 e. The van der Waals surface area contributed by atoms with E-state index in [1.807, 2.05) is 0 Å². The Bertz CT molecular complexity index is 929. The zero-order valence-electron chi connectivity index (χ0n) is 12.9. The molecule has 0 bridgehead atoms. The van der Waals surface area contributed by atoms with Crippen molar-refractivity contribution in [2.45, 2.75) is 4.90 Å². The number of hydrogen-bond acceptors (Lipinski definition) is 8. The van der Waals surface area contributed by atoms with Crippen molar-refractivity contribution >= 4 is 44.7 Å². The summed E-state index contributed by atoms with van der Waals surface area (Å²) >= 11 is 1.06. The Labute approximate surface area is 148 Å². The SMILES string of the molecule is COC(=O)NC1=Nc2ccc(OS(=O)(=O)c3ccccc3)cc2NS1. The summed E-state index contributed by atoms with van der Waals surface area (Å²) in [6, 6.07) is 12.4. The lowest BCUT2D eigenvalue weighted by Crippen LogP contribution is -2.29. The molecule has 130 valence electrons. The molecule has 25 heavy (non-hydrogen) atoms. The van der Waals surface area contributed by atoms with Crippen LogP contribution in [0, 0.1) is 0 Å². The minimum atomic E-state index is -3.91. The van der Waals surface area contributed by atoms with Crippen molar-refractivity contribution in [2.75, 3.05) is 11.8 Å². The van der Waals surface area contributed by atoms with E-state index in [0.717, 1.165) is 11.9 Å². The zero-order chi connectivity index (χ0) is 17.9. The lowest BCUT2D eigenvalue weighted by molar-refractivity contribution is 0.177. The van der Waals surface area contributed by atoms with Gasteiger partial charge in [0.2, 0.25) is 0 Å². The molecule has 2 aromatic carbocycles. The number of anilines is 1. The molecule has 0 saturated carbocycles. The lowest BCUT2D eigenvalue weighted by Gasteiger charge is -2.17. The number of nitrogens with zero attached hydrogens (tertiary/aromatic N) is 1. The predicted molar refractivity (Wildman–Crippen MR) is 94.5 cm³/mol. The van der Waals surface area contributed by atoms with Gasteiger partial charge in [-0.3, -0.25) is 5.32 Å². The van der Waals surface area contributed by atoms with E-state index in [-0.39, 0.29) is 10.6 Å². The first-order valence-corrected chi connectivity index (χ1v) is 9.20. The average Bonchev–Trinajstić information content (AvgIpc) is 2.62. The highest BCUT2D eigenvalue weighted by Gasteiger charge is 2.19. The van der Waals surface area contributed by atoms with Gasteiger partial charge in [-0.1, -0.05) is 18.2 Å². The maximum Gasteiger partial charge on any atom is 0.412 e. The number of amidine groups is 1. The molecule has 8 nitrogen and oxygen atoms in total. The fraction of sp³-hybridized carbons (Fsp3) is 0.0667. The number of amides is 1. The second kappa shape index (κ2) is 7.03. The van der Waals surface area contributed by atoms with E-state index < -0.39 is 16.2 Å². The van der Waals surface area contributed by atoms with Gasteiger partial charge in [0.25, 0.3) is 0 Å². The lowest BCUT2D eigenvalue weighted by atomic mass is 10.2. The highest BCUT2D eigenvalue weighted by molar-refractivity contribution is 8.15. The van der Waals surface area contributed by atoms with Crippen molar-refractivity contribution in [3.05, 3.63) is 48.5 Å². The number of alkyl carbamates (subject to hydrolysis) is 1. The van der Waals surface area contributed by atoms with Crippen LogP contribution >= 0.6 is 11.9 Å². The second-order valence-electron chi connectivity index (χ2n) is 4.77. The molecule has 0 spiro atoms. The maximum absolute atomic E-state index is 12.2. The highest BCUT2D eigenvalue weighted by atomic mass is 32.2. The van der Waals surface area contributed by atoms with E-state index in [0.29, 0.717) is 16.5 Å². The Balaban J connectivity index is 1.80. The molecule has 0 radical (unpaired) electrons. The summed E-state index contributed by atoms with van der Waals surface area (Å²) in [6.07, 6.45) is -0.634. The summed E-state index contributed by atoms with van der Waals surface area (Å²) in [5.74, 6) is 0.148. The van der Waals surface area contributed by atoms with Gasteiger partial charge in [-0.2, -0.15) is 8.42 Å². The van der Waals surface area contributed by atoms with E-state index in [1.54, 1.807) is 24.3 Å². The van der Waals surface area contributed by atoms with E-state index >= 15 is 0 Å². The van der Waals surface area contributed by atoms with Gasteiger partial charge in [-0.15, -0.1) is 0 Å². The Hall–Kier alpha value is -2.72. The molecular formula is C15H13N3O5S2. The van der Waals surface area contributed by atoms with Gasteiger partial charge in [-0.25, -0.2) is 9.79 Å². The molecule has 1 heterocycles. The molecule has 2 aromatic rings. The van der Waals surface area contributed by atoms with Gasteiger partial charge in [0.05, 0.1) is 18.5 Å². The molecule has 0 unspecified atom stereocenters. The third-order valence-electron chi connectivity index (χ3n) is 3.08. The first kappa shape index (κ1) is 17.1. The molecule has 2 N–H and O–H groups in total. The van der Waals surface area contributed by atoms with Crippen LogP contribution in [0.25, 0.3) is 0 Å². The number of carbonyl (C=O) groups is 1. The van der Waals surface area contributed by atoms with Crippen LogP contribution < -0.4 is 14.2 Å². The smallest absolute Gasteiger partial charge is 0.412 e. The van der Waals surface area contributed by atoms with Crippen LogP contribution in [0.1, 0.15) is 0 Å². The second-order valence-corrected chi connectivity index (χ2v) is 7.11. The summed E-state index contributed by atoms with van der Waals surface area (Å²) in [7, 11) is -2.66. The summed E-state index contributed by atoms with van der Waals surface area (Å²) in [4.78, 5) is 15.5. The van der Waals surface area contributed by atoms with Gasteiger partial charge in [0.1, 0.15) is 10.6 Å². The zero-order valence-corrected chi connectivity index (χ0v) is 14.6. The number of rotatable bonds is 3. The summed E-state index contributed by atoms with van der Waals surface area (Å²) in [5, 5.41) is 2.76. The largest absolute Gasteiger partial charge is 0.453 e. The molecule has 1 aliphatic heterocycles. The third-order valence-corrected chi connectivity index (χ3v) is 5.05. The number of ether oxygens (including phenoxy) is 1. The summed E-state index contributed by atoms with van der Waals surface area (Å²) in [5.41, 5.74) is 1.08. The number of hydrogen-bond donors (Lipinski definition) is 2. The van der Waals surface area contributed by atoms with E-state index in [2.05, 4.69) is 19.8 Å². The van der Waals surface area contributed by atoms with Gasteiger partial charge in [0.15, 0.2) is 5.17 Å². The number of nitrogens with one attached hydrogen (secondary N) is 2. The standard InChI is InChI=1S/C15H13N3O5S2/c1-22-15(19)17-14-16-12-8-7-10(9-13(12)18-24-14)23-25(20,21)11-5-3-2-4-6-11/h2-9,18H,1H3,(H,16,17,19). The first-order valence-electron chi connectivity index (χ1n) is 6.98. The van der Waals surface area contributed by atoms with Crippen LogP contribution in [0.3, 0.4) is 0 Å². The molecule has 0 saturated heterocycles. The molecule has 1 aliphatic rings. The van der Waals surface area contributed by atoms with E-state index in [1.165, 1.54) is 31.4 Å². The number of fused-ring (bicyclic) bond motifs is 1. The summed E-state index contributed by atoms with van der Waals surface area (Å²) < 4.78 is 37.1. The molecule has 0 aliphatic carbocycles. The van der Waals surface area contributed by atoms with Crippen LogP contribution in [0.2, 0.25) is 0 Å². The van der Waals surface area contributed by atoms with Crippen molar-refractivity contribution in [1.82, 2.24) is 5.32 Å². The molecular weight excluding hydrogens is 366 g/mol.